The molecule has 3 nitrogen and oxygen atoms in total. The third-order valence-electron chi connectivity index (χ3n) is 2.14. The smallest absolute Gasteiger partial charge is 0.310 e. The zero-order valence-corrected chi connectivity index (χ0v) is 10.3. The highest BCUT2D eigenvalue weighted by molar-refractivity contribution is 9.10. The maximum Gasteiger partial charge on any atom is 0.310 e. The molecule has 1 aromatic heterocycles. The highest BCUT2D eigenvalue weighted by atomic mass is 79.9. The molecule has 6 heteroatoms. The van der Waals surface area contributed by atoms with Gasteiger partial charge in [0.05, 0.1) is 13.5 Å². The van der Waals surface area contributed by atoms with Crippen molar-refractivity contribution in [1.82, 2.24) is 4.98 Å². The molecule has 0 bridgehead atoms. The molecule has 0 radical (unpaired) electrons. The lowest BCUT2D eigenvalue weighted by Gasteiger charge is -2.12. The van der Waals surface area contributed by atoms with E-state index in [0.717, 1.165) is 0 Å². The Labute approximate surface area is 99.9 Å². The van der Waals surface area contributed by atoms with Gasteiger partial charge >= 0.3 is 5.97 Å². The van der Waals surface area contributed by atoms with E-state index >= 15 is 0 Å². The fourth-order valence-corrected chi connectivity index (χ4v) is 1.79. The van der Waals surface area contributed by atoms with Crippen LogP contribution in [0.15, 0.2) is 10.7 Å². The quantitative estimate of drug-likeness (QED) is 0.805. The molecule has 16 heavy (non-hydrogen) atoms. The summed E-state index contributed by atoms with van der Waals surface area (Å²) in [7, 11) is 1.21. The van der Waals surface area contributed by atoms with Gasteiger partial charge in [0.1, 0.15) is 0 Å². The Balaban J connectivity index is 3.23. The van der Waals surface area contributed by atoms with Crippen molar-refractivity contribution in [2.24, 2.45) is 0 Å². The molecule has 0 aliphatic heterocycles. The summed E-state index contributed by atoms with van der Waals surface area (Å²) in [6.45, 7) is 1.48. The fraction of sp³-hybridized carbons (Fsp3) is 0.400. The maximum absolute atomic E-state index is 12.8. The topological polar surface area (TPSA) is 39.2 Å². The standard InChI is InChI=1S/C10H10BrF2NO2/c1-5-9(10(12)13)6(3-8(15)16-2)7(11)4-14-5/h4,10H,3H2,1-2H3. The predicted octanol–water partition coefficient (Wildman–Crippen LogP) is 2.81. The number of rotatable bonds is 3. The molecule has 0 spiro atoms. The minimum Gasteiger partial charge on any atom is -0.469 e. The molecule has 88 valence electrons. The van der Waals surface area contributed by atoms with Crippen LogP contribution in [0.1, 0.15) is 23.2 Å². The third kappa shape index (κ3) is 2.75. The average Bonchev–Trinajstić information content (AvgIpc) is 2.22. The molecule has 0 N–H and O–H groups in total. The minimum absolute atomic E-state index is 0.194. The van der Waals surface area contributed by atoms with E-state index in [-0.39, 0.29) is 23.2 Å². The summed E-state index contributed by atoms with van der Waals surface area (Å²) in [5.74, 6) is -0.562. The van der Waals surface area contributed by atoms with Gasteiger partial charge in [0.15, 0.2) is 0 Å². The number of hydrogen-bond acceptors (Lipinski definition) is 3. The zero-order chi connectivity index (χ0) is 12.3. The lowest BCUT2D eigenvalue weighted by Crippen LogP contribution is -2.10. The van der Waals surface area contributed by atoms with Gasteiger partial charge in [-0.3, -0.25) is 9.78 Å². The lowest BCUT2D eigenvalue weighted by atomic mass is 10.0. The Morgan fingerprint density at radius 3 is 2.75 bits per heavy atom. The van der Waals surface area contributed by atoms with Crippen molar-refractivity contribution in [3.8, 4) is 0 Å². The molecule has 0 amide bonds. The molecule has 0 fully saturated rings. The average molecular weight is 294 g/mol. The summed E-state index contributed by atoms with van der Waals surface area (Å²) in [5.41, 5.74) is 0.242. The van der Waals surface area contributed by atoms with E-state index in [9.17, 15) is 13.6 Å². The van der Waals surface area contributed by atoms with Crippen LogP contribution in [0, 0.1) is 6.92 Å². The number of halogens is 3. The van der Waals surface area contributed by atoms with Gasteiger partial charge in [-0.15, -0.1) is 0 Å². The third-order valence-corrected chi connectivity index (χ3v) is 2.83. The van der Waals surface area contributed by atoms with Crippen LogP contribution < -0.4 is 0 Å². The summed E-state index contributed by atoms with van der Waals surface area (Å²) in [5, 5.41) is 0. The summed E-state index contributed by atoms with van der Waals surface area (Å²) in [6.07, 6.45) is -1.45. The molecule has 0 atom stereocenters. The van der Waals surface area contributed by atoms with Crippen molar-refractivity contribution in [3.63, 3.8) is 0 Å². The monoisotopic (exact) mass is 293 g/mol. The molecule has 0 unspecified atom stereocenters. The largest absolute Gasteiger partial charge is 0.469 e. The van der Waals surface area contributed by atoms with Crippen molar-refractivity contribution < 1.29 is 18.3 Å². The van der Waals surface area contributed by atoms with E-state index in [1.54, 1.807) is 0 Å². The Hall–Kier alpha value is -1.04. The predicted molar refractivity (Wildman–Crippen MR) is 57.4 cm³/mol. The van der Waals surface area contributed by atoms with E-state index in [1.165, 1.54) is 20.2 Å². The first kappa shape index (κ1) is 13.0. The van der Waals surface area contributed by atoms with Crippen LogP contribution in [0.5, 0.6) is 0 Å². The van der Waals surface area contributed by atoms with Gasteiger partial charge in [0, 0.05) is 21.9 Å². The number of pyridine rings is 1. The first-order valence-corrected chi connectivity index (χ1v) is 5.25. The minimum atomic E-state index is -2.66. The number of alkyl halides is 2. The molecular weight excluding hydrogens is 284 g/mol. The Kier molecular flexibility index (Phi) is 4.35. The van der Waals surface area contributed by atoms with Crippen LogP contribution in [-0.4, -0.2) is 18.1 Å². The first-order valence-electron chi connectivity index (χ1n) is 4.46. The van der Waals surface area contributed by atoms with Gasteiger partial charge in [-0.2, -0.15) is 0 Å². The second kappa shape index (κ2) is 5.34. The molecule has 0 aromatic carbocycles. The highest BCUT2D eigenvalue weighted by Gasteiger charge is 2.21. The molecular formula is C10H10BrF2NO2. The van der Waals surface area contributed by atoms with Crippen LogP contribution in [0.3, 0.4) is 0 Å². The van der Waals surface area contributed by atoms with Gasteiger partial charge in [-0.05, 0) is 28.4 Å². The summed E-state index contributed by atoms with van der Waals surface area (Å²) >= 11 is 3.10. The molecule has 1 aromatic rings. The van der Waals surface area contributed by atoms with Crippen LogP contribution in [0.25, 0.3) is 0 Å². The second-order valence-electron chi connectivity index (χ2n) is 3.14. The summed E-state index contributed by atoms with van der Waals surface area (Å²) in [4.78, 5) is 14.9. The molecule has 0 aliphatic rings. The van der Waals surface area contributed by atoms with Crippen molar-refractivity contribution in [2.75, 3.05) is 7.11 Å². The van der Waals surface area contributed by atoms with E-state index < -0.39 is 12.4 Å². The number of esters is 1. The number of aromatic nitrogens is 1. The van der Waals surface area contributed by atoms with Crippen molar-refractivity contribution in [2.45, 2.75) is 19.8 Å². The van der Waals surface area contributed by atoms with Crippen molar-refractivity contribution in [1.29, 1.82) is 0 Å². The molecule has 0 saturated heterocycles. The summed E-state index contributed by atoms with van der Waals surface area (Å²) in [6, 6.07) is 0. The maximum atomic E-state index is 12.8. The molecule has 0 aliphatic carbocycles. The van der Waals surface area contributed by atoms with E-state index in [2.05, 4.69) is 25.7 Å². The van der Waals surface area contributed by atoms with Crippen molar-refractivity contribution in [3.05, 3.63) is 27.5 Å². The molecule has 0 saturated carbocycles. The van der Waals surface area contributed by atoms with E-state index in [4.69, 9.17) is 0 Å². The number of aryl methyl sites for hydroxylation is 1. The summed E-state index contributed by atoms with van der Waals surface area (Å²) < 4.78 is 30.5. The second-order valence-corrected chi connectivity index (χ2v) is 3.99. The Morgan fingerprint density at radius 2 is 2.25 bits per heavy atom. The fourth-order valence-electron chi connectivity index (χ4n) is 1.33. The van der Waals surface area contributed by atoms with Gasteiger partial charge in [0.25, 0.3) is 6.43 Å². The number of carbonyl (C=O) groups excluding carboxylic acids is 1. The van der Waals surface area contributed by atoms with Crippen LogP contribution in [0.2, 0.25) is 0 Å². The van der Waals surface area contributed by atoms with Crippen LogP contribution in [0.4, 0.5) is 8.78 Å². The number of ether oxygens (including phenoxy) is 1. The number of methoxy groups -OCH3 is 1. The van der Waals surface area contributed by atoms with E-state index in [1.807, 2.05) is 0 Å². The van der Waals surface area contributed by atoms with Gasteiger partial charge in [-0.1, -0.05) is 0 Å². The van der Waals surface area contributed by atoms with E-state index in [0.29, 0.717) is 4.47 Å². The van der Waals surface area contributed by atoms with Gasteiger partial charge in [0.2, 0.25) is 0 Å². The lowest BCUT2D eigenvalue weighted by molar-refractivity contribution is -0.139. The van der Waals surface area contributed by atoms with Gasteiger partial charge < -0.3 is 4.74 Å². The van der Waals surface area contributed by atoms with Crippen molar-refractivity contribution >= 4 is 21.9 Å². The number of hydrogen-bond donors (Lipinski definition) is 0. The normalized spacial score (nSPS) is 10.6. The SMILES string of the molecule is COC(=O)Cc1c(Br)cnc(C)c1C(F)F. The molecule has 1 heterocycles. The molecule has 1 rings (SSSR count). The Morgan fingerprint density at radius 1 is 1.62 bits per heavy atom. The van der Waals surface area contributed by atoms with Crippen LogP contribution in [-0.2, 0) is 16.0 Å². The first-order chi connectivity index (χ1) is 7.47. The van der Waals surface area contributed by atoms with Crippen LogP contribution >= 0.6 is 15.9 Å². The zero-order valence-electron chi connectivity index (χ0n) is 8.76. The Bertz CT molecular complexity index is 410. The highest BCUT2D eigenvalue weighted by Crippen LogP contribution is 2.30. The number of carbonyl (C=O) groups is 1. The number of nitrogens with zero attached hydrogens (tertiary/aromatic N) is 1. The van der Waals surface area contributed by atoms with Gasteiger partial charge in [-0.25, -0.2) is 8.78 Å².